The van der Waals surface area contributed by atoms with Gasteiger partial charge >= 0.3 is 7.60 Å². The Morgan fingerprint density at radius 3 is 2.44 bits per heavy atom. The molecule has 0 amide bonds. The zero-order valence-corrected chi connectivity index (χ0v) is 16.6. The van der Waals surface area contributed by atoms with Crippen LogP contribution < -0.4 is 0 Å². The highest BCUT2D eigenvalue weighted by molar-refractivity contribution is 7.54. The largest absolute Gasteiger partial charge is 0.351 e. The fourth-order valence-electron chi connectivity index (χ4n) is 3.06. The van der Waals surface area contributed by atoms with E-state index in [1.54, 1.807) is 18.2 Å². The summed E-state index contributed by atoms with van der Waals surface area (Å²) in [5.41, 5.74) is 2.33. The van der Waals surface area contributed by atoms with Crippen molar-refractivity contribution < 1.29 is 18.0 Å². The molecule has 27 heavy (non-hydrogen) atoms. The smallest absolute Gasteiger partial charge is 0.311 e. The Morgan fingerprint density at radius 1 is 1.15 bits per heavy atom. The summed E-state index contributed by atoms with van der Waals surface area (Å²) in [6, 6.07) is 13.8. The van der Waals surface area contributed by atoms with Crippen LogP contribution in [0.5, 0.6) is 0 Å². The van der Waals surface area contributed by atoms with Crippen LogP contribution in [0.2, 0.25) is 0 Å². The molecule has 0 aliphatic rings. The molecule has 6 heteroatoms. The molecular formula is C21H25FNO3P. The number of halogens is 1. The van der Waals surface area contributed by atoms with Gasteiger partial charge in [0.1, 0.15) is 11.6 Å². The lowest BCUT2D eigenvalue weighted by molar-refractivity contribution is 0.194. The van der Waals surface area contributed by atoms with Crippen LogP contribution in [-0.4, -0.2) is 25.7 Å². The Morgan fingerprint density at radius 2 is 1.85 bits per heavy atom. The van der Waals surface area contributed by atoms with E-state index < -0.39 is 13.4 Å². The molecule has 0 fully saturated rings. The predicted molar refractivity (Wildman–Crippen MR) is 108 cm³/mol. The highest BCUT2D eigenvalue weighted by Gasteiger charge is 2.40. The first kappa shape index (κ1) is 21.3. The van der Waals surface area contributed by atoms with Crippen molar-refractivity contribution in [1.82, 2.24) is 4.90 Å². The van der Waals surface area contributed by atoms with Gasteiger partial charge in [0.2, 0.25) is 0 Å². The van der Waals surface area contributed by atoms with Crippen molar-refractivity contribution in [3.63, 3.8) is 0 Å². The molecule has 2 rings (SSSR count). The Labute approximate surface area is 160 Å². The number of hydrogen-bond donors (Lipinski definition) is 0. The number of benzene rings is 2. The van der Waals surface area contributed by atoms with Crippen molar-refractivity contribution in [2.45, 2.75) is 12.3 Å². The fraction of sp³-hybridized carbons (Fsp3) is 0.238. The monoisotopic (exact) mass is 389 g/mol. The van der Waals surface area contributed by atoms with Crippen molar-refractivity contribution >= 4 is 13.7 Å². The minimum absolute atomic E-state index is 0.323. The Kier molecular flexibility index (Phi) is 7.69. The second kappa shape index (κ2) is 9.77. The van der Waals surface area contributed by atoms with Gasteiger partial charge in [0.25, 0.3) is 0 Å². The van der Waals surface area contributed by atoms with Crippen LogP contribution in [-0.2, 0) is 20.2 Å². The molecule has 0 aliphatic heterocycles. The minimum atomic E-state index is -3.55. The first-order chi connectivity index (χ1) is 13.0. The topological polar surface area (TPSA) is 38.8 Å². The maximum absolute atomic E-state index is 13.7. The van der Waals surface area contributed by atoms with Crippen LogP contribution >= 0.6 is 7.60 Å². The number of nitrogens with zero attached hydrogens (tertiary/aromatic N) is 1. The first-order valence-corrected chi connectivity index (χ1v) is 10.1. The molecule has 0 aromatic heterocycles. The molecule has 2 aromatic carbocycles. The van der Waals surface area contributed by atoms with Crippen molar-refractivity contribution in [1.29, 1.82) is 0 Å². The summed E-state index contributed by atoms with van der Waals surface area (Å²) < 4.78 is 37.8. The first-order valence-electron chi connectivity index (χ1n) is 8.51. The molecule has 0 spiro atoms. The number of rotatable bonds is 10. The third-order valence-corrected chi connectivity index (χ3v) is 6.51. The van der Waals surface area contributed by atoms with E-state index >= 15 is 0 Å². The molecule has 1 atom stereocenters. The molecular weight excluding hydrogens is 364 g/mol. The van der Waals surface area contributed by atoms with E-state index in [2.05, 4.69) is 13.2 Å². The van der Waals surface area contributed by atoms with Gasteiger partial charge in [-0.15, -0.1) is 6.58 Å². The van der Waals surface area contributed by atoms with Crippen LogP contribution in [0.25, 0.3) is 6.08 Å². The molecule has 0 saturated carbocycles. The third-order valence-electron chi connectivity index (χ3n) is 4.29. The van der Waals surface area contributed by atoms with E-state index in [4.69, 9.17) is 9.05 Å². The average Bonchev–Trinajstić information content (AvgIpc) is 2.68. The van der Waals surface area contributed by atoms with Crippen molar-refractivity contribution in [3.05, 3.63) is 90.3 Å². The summed E-state index contributed by atoms with van der Waals surface area (Å²) in [6.45, 7) is 8.40. The van der Waals surface area contributed by atoms with E-state index in [-0.39, 0.29) is 5.82 Å². The van der Waals surface area contributed by atoms with Crippen LogP contribution in [0.3, 0.4) is 0 Å². The molecule has 0 aliphatic carbocycles. The SMILES string of the molecule is C=CCN(Cc1cccc(F)c1)C(c1ccccc1C=C)P(=O)(OC)OC. The molecule has 144 valence electrons. The highest BCUT2D eigenvalue weighted by atomic mass is 31.2. The maximum Gasteiger partial charge on any atom is 0.351 e. The van der Waals surface area contributed by atoms with E-state index in [1.165, 1.54) is 26.4 Å². The predicted octanol–water partition coefficient (Wildman–Crippen LogP) is 5.64. The summed E-state index contributed by atoms with van der Waals surface area (Å²) in [7, 11) is -0.825. The van der Waals surface area contributed by atoms with Crippen molar-refractivity contribution in [3.8, 4) is 0 Å². The van der Waals surface area contributed by atoms with Gasteiger partial charge in [-0.25, -0.2) is 4.39 Å². The van der Waals surface area contributed by atoms with Crippen LogP contribution in [0.4, 0.5) is 4.39 Å². The van der Waals surface area contributed by atoms with Gasteiger partial charge in [-0.05, 0) is 28.8 Å². The molecule has 0 bridgehead atoms. The lowest BCUT2D eigenvalue weighted by atomic mass is 10.1. The third kappa shape index (κ3) is 5.02. The molecule has 0 N–H and O–H groups in total. The van der Waals surface area contributed by atoms with Crippen LogP contribution in [0, 0.1) is 5.82 Å². The molecule has 1 unspecified atom stereocenters. The van der Waals surface area contributed by atoms with Crippen molar-refractivity contribution in [2.24, 2.45) is 0 Å². The van der Waals surface area contributed by atoms with Gasteiger partial charge in [-0.3, -0.25) is 9.46 Å². The zero-order chi connectivity index (χ0) is 19.9. The highest BCUT2D eigenvalue weighted by Crippen LogP contribution is 2.62. The zero-order valence-electron chi connectivity index (χ0n) is 15.7. The summed E-state index contributed by atoms with van der Waals surface area (Å²) >= 11 is 0. The maximum atomic E-state index is 13.7. The summed E-state index contributed by atoms with van der Waals surface area (Å²) in [5, 5.41) is 0. The summed E-state index contributed by atoms with van der Waals surface area (Å²) in [4.78, 5) is 1.90. The lowest BCUT2D eigenvalue weighted by Gasteiger charge is -2.35. The molecule has 4 nitrogen and oxygen atoms in total. The van der Waals surface area contributed by atoms with Crippen LogP contribution in [0.15, 0.2) is 67.8 Å². The summed E-state index contributed by atoms with van der Waals surface area (Å²) in [5.74, 6) is -1.03. The van der Waals surface area contributed by atoms with Gasteiger partial charge in [-0.1, -0.05) is 55.1 Å². The quantitative estimate of drug-likeness (QED) is 0.389. The molecule has 0 radical (unpaired) electrons. The average molecular weight is 389 g/mol. The second-order valence-corrected chi connectivity index (χ2v) is 8.26. The van der Waals surface area contributed by atoms with Gasteiger partial charge in [0.15, 0.2) is 0 Å². The van der Waals surface area contributed by atoms with Gasteiger partial charge in [0.05, 0.1) is 0 Å². The Hall–Kier alpha value is -2.04. The fourth-order valence-corrected chi connectivity index (χ4v) is 4.76. The minimum Gasteiger partial charge on any atom is -0.311 e. The van der Waals surface area contributed by atoms with Gasteiger partial charge < -0.3 is 9.05 Å². The van der Waals surface area contributed by atoms with E-state index in [0.717, 1.165) is 16.7 Å². The summed E-state index contributed by atoms with van der Waals surface area (Å²) in [6.07, 6.45) is 3.41. The molecule has 2 aromatic rings. The lowest BCUT2D eigenvalue weighted by Crippen LogP contribution is -2.30. The normalized spacial score (nSPS) is 12.7. The van der Waals surface area contributed by atoms with Gasteiger partial charge in [-0.2, -0.15) is 0 Å². The van der Waals surface area contributed by atoms with E-state index in [9.17, 15) is 8.96 Å². The Bertz CT molecular complexity index is 832. The second-order valence-electron chi connectivity index (χ2n) is 5.96. The molecule has 0 heterocycles. The standard InChI is InChI=1S/C21H25FNO3P/c1-5-14-23(16-17-10-9-12-19(22)15-17)21(27(24,25-3)26-4)20-13-8-7-11-18(20)6-2/h5-13,15,21H,1-2,14,16H2,3-4H3. The van der Waals surface area contributed by atoms with E-state index in [0.29, 0.717) is 13.1 Å². The molecule has 0 saturated heterocycles. The Balaban J connectivity index is 2.58. The van der Waals surface area contributed by atoms with Crippen LogP contribution in [0.1, 0.15) is 22.5 Å². The number of hydrogen-bond acceptors (Lipinski definition) is 4. The van der Waals surface area contributed by atoms with E-state index in [1.807, 2.05) is 35.2 Å². The van der Waals surface area contributed by atoms with Gasteiger partial charge in [0, 0.05) is 27.3 Å². The van der Waals surface area contributed by atoms with Crippen molar-refractivity contribution in [2.75, 3.05) is 20.8 Å².